The van der Waals surface area contributed by atoms with Gasteiger partial charge in [0.1, 0.15) is 0 Å². The van der Waals surface area contributed by atoms with Crippen LogP contribution in [-0.4, -0.2) is 23.9 Å². The predicted octanol–water partition coefficient (Wildman–Crippen LogP) is 2.54. The molecule has 3 unspecified atom stereocenters. The summed E-state index contributed by atoms with van der Waals surface area (Å²) in [6.07, 6.45) is -1.42. The van der Waals surface area contributed by atoms with Crippen molar-refractivity contribution < 1.29 is 14.6 Å². The van der Waals surface area contributed by atoms with E-state index < -0.39 is 12.2 Å². The van der Waals surface area contributed by atoms with Crippen LogP contribution in [0.1, 0.15) is 25.3 Å². The Bertz CT molecular complexity index is 409. The van der Waals surface area contributed by atoms with Gasteiger partial charge in [-0.1, -0.05) is 36.7 Å². The van der Waals surface area contributed by atoms with Crippen LogP contribution in [0.3, 0.4) is 0 Å². The van der Waals surface area contributed by atoms with Gasteiger partial charge in [0, 0.05) is 10.9 Å². The summed E-state index contributed by atoms with van der Waals surface area (Å²) in [6.45, 7) is 3.72. The lowest BCUT2D eigenvalue weighted by molar-refractivity contribution is 0.0916. The molecule has 1 aromatic rings. The smallest absolute Gasteiger partial charge is 0.404 e. The molecule has 0 aromatic heterocycles. The largest absolute Gasteiger partial charge is 0.449 e. The maximum absolute atomic E-state index is 10.6. The van der Waals surface area contributed by atoms with E-state index >= 15 is 0 Å². The van der Waals surface area contributed by atoms with Gasteiger partial charge in [-0.3, -0.25) is 0 Å². The standard InChI is InChI=1S/C13H18ClNO3/c1-8(7-18-13(15)17)12(9(2)16)10-5-3-4-6-11(10)14/h3-6,8-9,12,16H,7H2,1-2H3,(H2,15,17). The van der Waals surface area contributed by atoms with E-state index in [1.54, 1.807) is 13.0 Å². The number of hydrogen-bond acceptors (Lipinski definition) is 3. The molecule has 1 aromatic carbocycles. The van der Waals surface area contributed by atoms with Gasteiger partial charge in [-0.15, -0.1) is 0 Å². The predicted molar refractivity (Wildman–Crippen MR) is 70.6 cm³/mol. The normalized spacial score (nSPS) is 15.8. The molecule has 100 valence electrons. The van der Waals surface area contributed by atoms with Gasteiger partial charge in [0.2, 0.25) is 0 Å². The van der Waals surface area contributed by atoms with E-state index in [-0.39, 0.29) is 18.4 Å². The first-order valence-corrected chi connectivity index (χ1v) is 6.16. The first-order valence-electron chi connectivity index (χ1n) is 5.78. The molecule has 0 radical (unpaired) electrons. The quantitative estimate of drug-likeness (QED) is 0.864. The lowest BCUT2D eigenvalue weighted by Gasteiger charge is -2.27. The second-order valence-electron chi connectivity index (χ2n) is 4.40. The lowest BCUT2D eigenvalue weighted by atomic mass is 9.84. The molecule has 0 aliphatic heterocycles. The lowest BCUT2D eigenvalue weighted by Crippen LogP contribution is -2.27. The summed E-state index contributed by atoms with van der Waals surface area (Å²) >= 11 is 6.13. The van der Waals surface area contributed by atoms with E-state index in [1.165, 1.54) is 0 Å². The van der Waals surface area contributed by atoms with Crippen molar-refractivity contribution in [2.45, 2.75) is 25.9 Å². The van der Waals surface area contributed by atoms with Gasteiger partial charge in [0.05, 0.1) is 12.7 Å². The van der Waals surface area contributed by atoms with Crippen molar-refractivity contribution in [3.05, 3.63) is 34.9 Å². The minimum atomic E-state index is -0.814. The number of aliphatic hydroxyl groups is 1. The van der Waals surface area contributed by atoms with Gasteiger partial charge < -0.3 is 15.6 Å². The van der Waals surface area contributed by atoms with Crippen LogP contribution in [0.25, 0.3) is 0 Å². The van der Waals surface area contributed by atoms with Crippen LogP contribution in [-0.2, 0) is 4.74 Å². The Hall–Kier alpha value is -1.26. The van der Waals surface area contributed by atoms with Crippen molar-refractivity contribution in [1.82, 2.24) is 0 Å². The number of halogens is 1. The topological polar surface area (TPSA) is 72.6 Å². The maximum Gasteiger partial charge on any atom is 0.404 e. The van der Waals surface area contributed by atoms with E-state index in [9.17, 15) is 9.90 Å². The van der Waals surface area contributed by atoms with Crippen molar-refractivity contribution in [3.63, 3.8) is 0 Å². The summed E-state index contributed by atoms with van der Waals surface area (Å²) in [5.74, 6) is -0.296. The molecule has 18 heavy (non-hydrogen) atoms. The number of nitrogens with two attached hydrogens (primary N) is 1. The van der Waals surface area contributed by atoms with E-state index in [0.717, 1.165) is 5.56 Å². The fourth-order valence-corrected chi connectivity index (χ4v) is 2.37. The number of benzene rings is 1. The fourth-order valence-electron chi connectivity index (χ4n) is 2.10. The molecule has 0 aliphatic carbocycles. The molecule has 3 atom stereocenters. The summed E-state index contributed by atoms with van der Waals surface area (Å²) in [6, 6.07) is 7.32. The molecule has 0 saturated carbocycles. The fraction of sp³-hybridized carbons (Fsp3) is 0.462. The Kier molecular flexibility index (Phi) is 5.44. The molecule has 5 heteroatoms. The third-order valence-corrected chi connectivity index (χ3v) is 3.23. The van der Waals surface area contributed by atoms with Gasteiger partial charge in [0.25, 0.3) is 0 Å². The zero-order valence-electron chi connectivity index (χ0n) is 10.5. The number of primary amides is 1. The molecule has 1 amide bonds. The number of rotatable bonds is 5. The summed E-state index contributed by atoms with van der Waals surface area (Å²) < 4.78 is 4.78. The minimum absolute atomic E-state index is 0.0857. The van der Waals surface area contributed by atoms with Gasteiger partial charge in [-0.05, 0) is 24.5 Å². The summed E-state index contributed by atoms with van der Waals surface area (Å²) in [4.78, 5) is 10.6. The van der Waals surface area contributed by atoms with Crippen LogP contribution < -0.4 is 5.73 Å². The molecule has 0 fully saturated rings. The second-order valence-corrected chi connectivity index (χ2v) is 4.80. The van der Waals surface area contributed by atoms with Crippen molar-refractivity contribution in [3.8, 4) is 0 Å². The van der Waals surface area contributed by atoms with Gasteiger partial charge in [-0.2, -0.15) is 0 Å². The molecule has 0 spiro atoms. The first kappa shape index (κ1) is 14.8. The number of ether oxygens (including phenoxy) is 1. The van der Waals surface area contributed by atoms with Crippen LogP contribution in [0.5, 0.6) is 0 Å². The highest BCUT2D eigenvalue weighted by Gasteiger charge is 2.26. The highest BCUT2D eigenvalue weighted by molar-refractivity contribution is 6.31. The van der Waals surface area contributed by atoms with E-state index in [2.05, 4.69) is 0 Å². The Morgan fingerprint density at radius 2 is 2.06 bits per heavy atom. The summed E-state index contributed by atoms with van der Waals surface area (Å²) in [5, 5.41) is 10.5. The maximum atomic E-state index is 10.6. The van der Waals surface area contributed by atoms with Crippen LogP contribution in [0.2, 0.25) is 5.02 Å². The molecule has 1 rings (SSSR count). The number of amides is 1. The Morgan fingerprint density at radius 3 is 2.56 bits per heavy atom. The van der Waals surface area contributed by atoms with Crippen LogP contribution in [0.15, 0.2) is 24.3 Å². The molecule has 0 bridgehead atoms. The Morgan fingerprint density at radius 1 is 1.44 bits per heavy atom. The van der Waals surface area contributed by atoms with Gasteiger partial charge >= 0.3 is 6.09 Å². The Balaban J connectivity index is 2.89. The zero-order valence-corrected chi connectivity index (χ0v) is 11.2. The van der Waals surface area contributed by atoms with Crippen molar-refractivity contribution in [1.29, 1.82) is 0 Å². The number of hydrogen-bond donors (Lipinski definition) is 2. The zero-order chi connectivity index (χ0) is 13.7. The number of carbonyl (C=O) groups excluding carboxylic acids is 1. The third-order valence-electron chi connectivity index (χ3n) is 2.89. The van der Waals surface area contributed by atoms with E-state index in [0.29, 0.717) is 5.02 Å². The monoisotopic (exact) mass is 271 g/mol. The van der Waals surface area contributed by atoms with Gasteiger partial charge in [-0.25, -0.2) is 4.79 Å². The molecule has 3 N–H and O–H groups in total. The number of aliphatic hydroxyl groups excluding tert-OH is 1. The summed E-state index contributed by atoms with van der Waals surface area (Å²) in [7, 11) is 0. The van der Waals surface area contributed by atoms with Crippen LogP contribution in [0.4, 0.5) is 4.79 Å². The van der Waals surface area contributed by atoms with Crippen molar-refractivity contribution >= 4 is 17.7 Å². The van der Waals surface area contributed by atoms with Crippen molar-refractivity contribution in [2.24, 2.45) is 11.7 Å². The third kappa shape index (κ3) is 3.89. The van der Waals surface area contributed by atoms with Crippen LogP contribution >= 0.6 is 11.6 Å². The molecule has 0 heterocycles. The molecular weight excluding hydrogens is 254 g/mol. The molecule has 4 nitrogen and oxygen atoms in total. The first-order chi connectivity index (χ1) is 8.43. The highest BCUT2D eigenvalue weighted by atomic mass is 35.5. The molecular formula is C13H18ClNO3. The average molecular weight is 272 g/mol. The van der Waals surface area contributed by atoms with Gasteiger partial charge in [0.15, 0.2) is 0 Å². The second kappa shape index (κ2) is 6.61. The van der Waals surface area contributed by atoms with Crippen molar-refractivity contribution in [2.75, 3.05) is 6.61 Å². The highest BCUT2D eigenvalue weighted by Crippen LogP contribution is 2.33. The average Bonchev–Trinajstić information content (AvgIpc) is 2.29. The Labute approximate surface area is 112 Å². The SMILES string of the molecule is CC(O)C(c1ccccc1Cl)C(C)COC(N)=O. The summed E-state index contributed by atoms with van der Waals surface area (Å²) in [5.41, 5.74) is 5.78. The molecule has 0 saturated heterocycles. The van der Waals surface area contributed by atoms with E-state index in [1.807, 2.05) is 25.1 Å². The number of carbonyl (C=O) groups is 1. The van der Waals surface area contributed by atoms with E-state index in [4.69, 9.17) is 22.1 Å². The minimum Gasteiger partial charge on any atom is -0.449 e. The van der Waals surface area contributed by atoms with Crippen LogP contribution in [0, 0.1) is 5.92 Å². The molecule has 0 aliphatic rings.